The highest BCUT2D eigenvalue weighted by Gasteiger charge is 2.28. The summed E-state index contributed by atoms with van der Waals surface area (Å²) in [5.74, 6) is 0. The van der Waals surface area contributed by atoms with E-state index in [1.54, 1.807) is 0 Å². The third-order valence-electron chi connectivity index (χ3n) is 1.87. The van der Waals surface area contributed by atoms with Gasteiger partial charge in [0.1, 0.15) is 0 Å². The molecule has 6 nitrogen and oxygen atoms in total. The smallest absolute Gasteiger partial charge is 0.326 e. The predicted octanol–water partition coefficient (Wildman–Crippen LogP) is 0.0991. The first-order chi connectivity index (χ1) is 7.76. The second kappa shape index (κ2) is 5.02. The molecule has 0 spiro atoms. The zero-order valence-corrected chi connectivity index (χ0v) is 9.40. The summed E-state index contributed by atoms with van der Waals surface area (Å²) >= 11 is 0. The van der Waals surface area contributed by atoms with Gasteiger partial charge < -0.3 is 5.73 Å². The Morgan fingerprint density at radius 1 is 1.47 bits per heavy atom. The normalized spacial score (nSPS) is 12.9. The maximum Gasteiger partial charge on any atom is 0.390 e. The lowest BCUT2D eigenvalue weighted by molar-refractivity contribution is -0.132. The molecule has 0 saturated carbocycles. The van der Waals surface area contributed by atoms with E-state index in [0.29, 0.717) is 0 Å². The van der Waals surface area contributed by atoms with E-state index in [1.165, 1.54) is 6.20 Å². The summed E-state index contributed by atoms with van der Waals surface area (Å²) in [6, 6.07) is 0. The highest BCUT2D eigenvalue weighted by Crippen LogP contribution is 2.19. The summed E-state index contributed by atoms with van der Waals surface area (Å²) in [4.78, 5) is 0. The van der Waals surface area contributed by atoms with Crippen LogP contribution in [0.5, 0.6) is 0 Å². The number of H-pyrrole nitrogens is 1. The SMILES string of the molecule is NCc1cn[nH]c1S(=O)(=O)NCCC(F)(F)F. The summed E-state index contributed by atoms with van der Waals surface area (Å²) < 4.78 is 60.5. The Labute approximate surface area is 95.4 Å². The molecule has 10 heteroatoms. The molecular weight excluding hydrogens is 261 g/mol. The molecule has 0 amide bonds. The first kappa shape index (κ1) is 13.9. The van der Waals surface area contributed by atoms with Crippen LogP contribution in [0.1, 0.15) is 12.0 Å². The number of aromatic amines is 1. The minimum atomic E-state index is -4.41. The topological polar surface area (TPSA) is 101 Å². The molecule has 0 aromatic carbocycles. The van der Waals surface area contributed by atoms with Gasteiger partial charge >= 0.3 is 6.18 Å². The number of hydrogen-bond donors (Lipinski definition) is 3. The van der Waals surface area contributed by atoms with Gasteiger partial charge in [0.15, 0.2) is 5.03 Å². The van der Waals surface area contributed by atoms with E-state index in [4.69, 9.17) is 5.73 Å². The van der Waals surface area contributed by atoms with E-state index in [9.17, 15) is 21.6 Å². The van der Waals surface area contributed by atoms with Gasteiger partial charge in [-0.2, -0.15) is 18.3 Å². The quantitative estimate of drug-likeness (QED) is 0.707. The van der Waals surface area contributed by atoms with E-state index in [0.717, 1.165) is 0 Å². The minimum absolute atomic E-state index is 0.0774. The molecule has 0 unspecified atom stereocenters. The van der Waals surface area contributed by atoms with Crippen molar-refractivity contribution >= 4 is 10.0 Å². The van der Waals surface area contributed by atoms with Gasteiger partial charge in [0.05, 0.1) is 12.6 Å². The maximum absolute atomic E-state index is 11.8. The van der Waals surface area contributed by atoms with Crippen LogP contribution in [0.25, 0.3) is 0 Å². The highest BCUT2D eigenvalue weighted by atomic mass is 32.2. The number of aromatic nitrogens is 2. The van der Waals surface area contributed by atoms with Crippen molar-refractivity contribution in [1.29, 1.82) is 0 Å². The molecular formula is C7H11F3N4O2S. The molecule has 0 bridgehead atoms. The van der Waals surface area contributed by atoms with Gasteiger partial charge in [-0.15, -0.1) is 0 Å². The van der Waals surface area contributed by atoms with Gasteiger partial charge in [0.25, 0.3) is 10.0 Å². The van der Waals surface area contributed by atoms with Crippen LogP contribution in [-0.2, 0) is 16.6 Å². The zero-order valence-electron chi connectivity index (χ0n) is 8.58. The Morgan fingerprint density at radius 2 is 2.12 bits per heavy atom. The van der Waals surface area contributed by atoms with E-state index in [1.807, 2.05) is 4.72 Å². The van der Waals surface area contributed by atoms with Crippen LogP contribution in [-0.4, -0.2) is 31.3 Å². The van der Waals surface area contributed by atoms with Crippen LogP contribution in [0.3, 0.4) is 0 Å². The van der Waals surface area contributed by atoms with Gasteiger partial charge in [0.2, 0.25) is 0 Å². The number of nitrogens with one attached hydrogen (secondary N) is 2. The number of nitrogens with two attached hydrogens (primary N) is 1. The van der Waals surface area contributed by atoms with Crippen LogP contribution in [0.15, 0.2) is 11.2 Å². The molecule has 1 aromatic rings. The van der Waals surface area contributed by atoms with Gasteiger partial charge in [0, 0.05) is 18.7 Å². The van der Waals surface area contributed by atoms with Crippen molar-refractivity contribution in [2.24, 2.45) is 5.73 Å². The third kappa shape index (κ3) is 3.98. The number of sulfonamides is 1. The third-order valence-corrected chi connectivity index (χ3v) is 3.34. The van der Waals surface area contributed by atoms with E-state index in [-0.39, 0.29) is 17.1 Å². The minimum Gasteiger partial charge on any atom is -0.326 e. The molecule has 0 aliphatic carbocycles. The van der Waals surface area contributed by atoms with Gasteiger partial charge in [-0.05, 0) is 0 Å². The van der Waals surface area contributed by atoms with Crippen molar-refractivity contribution in [3.05, 3.63) is 11.8 Å². The molecule has 1 heterocycles. The number of alkyl halides is 3. The largest absolute Gasteiger partial charge is 0.390 e. The van der Waals surface area contributed by atoms with Crippen LogP contribution in [0, 0.1) is 0 Å². The number of halogens is 3. The number of hydrogen-bond acceptors (Lipinski definition) is 4. The lowest BCUT2D eigenvalue weighted by Crippen LogP contribution is -2.29. The summed E-state index contributed by atoms with van der Waals surface area (Å²) in [5.41, 5.74) is 5.47. The van der Waals surface area contributed by atoms with Crippen LogP contribution in [0.2, 0.25) is 0 Å². The van der Waals surface area contributed by atoms with E-state index >= 15 is 0 Å². The molecule has 4 N–H and O–H groups in total. The maximum atomic E-state index is 11.8. The summed E-state index contributed by atoms with van der Waals surface area (Å²) in [6.45, 7) is -0.805. The second-order valence-electron chi connectivity index (χ2n) is 3.19. The molecule has 1 aromatic heterocycles. The Balaban J connectivity index is 2.70. The molecule has 0 saturated heterocycles. The average Bonchev–Trinajstić information content (AvgIpc) is 2.63. The molecule has 0 aliphatic rings. The Bertz CT molecular complexity index is 468. The molecule has 0 aliphatic heterocycles. The first-order valence-electron chi connectivity index (χ1n) is 4.55. The Hall–Kier alpha value is -1.13. The first-order valence-corrected chi connectivity index (χ1v) is 6.03. The Kier molecular flexibility index (Phi) is 4.11. The lowest BCUT2D eigenvalue weighted by Gasteiger charge is -2.08. The number of nitrogens with zero attached hydrogens (tertiary/aromatic N) is 1. The van der Waals surface area contributed by atoms with E-state index < -0.39 is 29.2 Å². The van der Waals surface area contributed by atoms with Crippen molar-refractivity contribution in [2.75, 3.05) is 6.54 Å². The van der Waals surface area contributed by atoms with Crippen molar-refractivity contribution in [3.8, 4) is 0 Å². The molecule has 0 radical (unpaired) electrons. The molecule has 98 valence electrons. The fraction of sp³-hybridized carbons (Fsp3) is 0.571. The fourth-order valence-electron chi connectivity index (χ4n) is 1.08. The van der Waals surface area contributed by atoms with Crippen molar-refractivity contribution < 1.29 is 21.6 Å². The zero-order chi connectivity index (χ0) is 13.1. The van der Waals surface area contributed by atoms with Crippen LogP contribution >= 0.6 is 0 Å². The van der Waals surface area contributed by atoms with Crippen LogP contribution < -0.4 is 10.5 Å². The van der Waals surface area contributed by atoms with Crippen molar-refractivity contribution in [2.45, 2.75) is 24.2 Å². The predicted molar refractivity (Wildman–Crippen MR) is 52.3 cm³/mol. The monoisotopic (exact) mass is 272 g/mol. The fourth-order valence-corrected chi connectivity index (χ4v) is 2.25. The lowest BCUT2D eigenvalue weighted by atomic mass is 10.4. The number of rotatable bonds is 5. The Morgan fingerprint density at radius 3 is 2.65 bits per heavy atom. The van der Waals surface area contributed by atoms with Crippen molar-refractivity contribution in [1.82, 2.24) is 14.9 Å². The molecule has 17 heavy (non-hydrogen) atoms. The molecule has 0 atom stereocenters. The summed E-state index contributed by atoms with van der Waals surface area (Å²) in [5, 5.41) is 5.35. The van der Waals surface area contributed by atoms with Gasteiger partial charge in [-0.25, -0.2) is 13.1 Å². The summed E-state index contributed by atoms with van der Waals surface area (Å²) in [7, 11) is -4.03. The molecule has 1 rings (SSSR count). The van der Waals surface area contributed by atoms with Crippen LogP contribution in [0.4, 0.5) is 13.2 Å². The summed E-state index contributed by atoms with van der Waals surface area (Å²) in [6.07, 6.45) is -4.44. The van der Waals surface area contributed by atoms with E-state index in [2.05, 4.69) is 10.2 Å². The standard InChI is InChI=1S/C7H11F3N4O2S/c8-7(9,10)1-2-13-17(15,16)6-5(3-11)4-12-14-6/h4,13H,1-3,11H2,(H,12,14). The molecule has 0 fully saturated rings. The highest BCUT2D eigenvalue weighted by molar-refractivity contribution is 7.89. The average molecular weight is 272 g/mol. The second-order valence-corrected chi connectivity index (χ2v) is 4.90. The van der Waals surface area contributed by atoms with Gasteiger partial charge in [-0.1, -0.05) is 0 Å². The van der Waals surface area contributed by atoms with Crippen molar-refractivity contribution in [3.63, 3.8) is 0 Å². The van der Waals surface area contributed by atoms with Gasteiger partial charge in [-0.3, -0.25) is 5.10 Å².